The van der Waals surface area contributed by atoms with E-state index in [1.165, 1.54) is 12.1 Å². The average Bonchev–Trinajstić information content (AvgIpc) is 2.65. The fourth-order valence-electron chi connectivity index (χ4n) is 2.64. The van der Waals surface area contributed by atoms with Crippen molar-refractivity contribution in [3.8, 4) is 11.4 Å². The number of aryl methyl sites for hydroxylation is 1. The highest BCUT2D eigenvalue weighted by molar-refractivity contribution is 6.31. The second kappa shape index (κ2) is 7.10. The number of nitrogens with one attached hydrogen (secondary N) is 1. The van der Waals surface area contributed by atoms with Crippen LogP contribution in [0.25, 0.3) is 22.3 Å². The van der Waals surface area contributed by atoms with Crippen LogP contribution in [-0.2, 0) is 0 Å². The van der Waals surface area contributed by atoms with E-state index in [1.54, 1.807) is 24.4 Å². The second-order valence-corrected chi connectivity index (χ2v) is 6.84. The maximum absolute atomic E-state index is 13.4. The molecule has 0 radical (unpaired) electrons. The Labute approximate surface area is 165 Å². The molecular formula is C20H13Cl2FN4. The molecule has 0 aliphatic heterocycles. The Morgan fingerprint density at radius 2 is 1.81 bits per heavy atom. The highest BCUT2D eigenvalue weighted by atomic mass is 35.5. The largest absolute Gasteiger partial charge is 0.340 e. The number of halogens is 3. The van der Waals surface area contributed by atoms with E-state index in [0.717, 1.165) is 16.6 Å². The number of aromatic nitrogens is 3. The number of hydrogen-bond donors (Lipinski definition) is 1. The van der Waals surface area contributed by atoms with Crippen LogP contribution >= 0.6 is 23.2 Å². The average molecular weight is 399 g/mol. The standard InChI is InChI=1S/C20H13Cl2FN4/c1-11-2-3-12(10-24-11)19-26-18-8-13(21)4-6-15(18)20(27-19)25-14-5-7-17(23)16(22)9-14/h2-10H,1H3,(H,25,26,27). The first kappa shape index (κ1) is 17.6. The molecule has 0 saturated carbocycles. The second-order valence-electron chi connectivity index (χ2n) is 6.00. The van der Waals surface area contributed by atoms with Crippen LogP contribution in [0.2, 0.25) is 10.0 Å². The SMILES string of the molecule is Cc1ccc(-c2nc(Nc3ccc(F)c(Cl)c3)c3ccc(Cl)cc3n2)cn1. The first-order valence-electron chi connectivity index (χ1n) is 8.12. The zero-order valence-corrected chi connectivity index (χ0v) is 15.7. The summed E-state index contributed by atoms with van der Waals surface area (Å²) in [6, 6.07) is 13.6. The van der Waals surface area contributed by atoms with Crippen molar-refractivity contribution >= 4 is 45.6 Å². The minimum absolute atomic E-state index is 0.0318. The third kappa shape index (κ3) is 3.70. The lowest BCUT2D eigenvalue weighted by Gasteiger charge is -2.12. The summed E-state index contributed by atoms with van der Waals surface area (Å²) in [6.45, 7) is 1.91. The smallest absolute Gasteiger partial charge is 0.163 e. The highest BCUT2D eigenvalue weighted by Gasteiger charge is 2.11. The Hall–Kier alpha value is -2.76. The molecule has 7 heteroatoms. The van der Waals surface area contributed by atoms with Gasteiger partial charge in [0.05, 0.1) is 10.5 Å². The molecule has 0 unspecified atom stereocenters. The van der Waals surface area contributed by atoms with Gasteiger partial charge in [-0.2, -0.15) is 0 Å². The van der Waals surface area contributed by atoms with Gasteiger partial charge in [-0.05, 0) is 55.5 Å². The van der Waals surface area contributed by atoms with Gasteiger partial charge < -0.3 is 5.32 Å². The molecule has 2 aromatic carbocycles. The number of benzene rings is 2. The van der Waals surface area contributed by atoms with Gasteiger partial charge in [0.25, 0.3) is 0 Å². The van der Waals surface area contributed by atoms with Crippen molar-refractivity contribution in [1.82, 2.24) is 15.0 Å². The monoisotopic (exact) mass is 398 g/mol. The minimum atomic E-state index is -0.479. The van der Waals surface area contributed by atoms with Crippen molar-refractivity contribution in [1.29, 1.82) is 0 Å². The van der Waals surface area contributed by atoms with Gasteiger partial charge in [0.1, 0.15) is 11.6 Å². The maximum Gasteiger partial charge on any atom is 0.163 e. The highest BCUT2D eigenvalue weighted by Crippen LogP contribution is 2.30. The molecule has 0 amide bonds. The number of rotatable bonds is 3. The van der Waals surface area contributed by atoms with E-state index in [9.17, 15) is 4.39 Å². The first-order valence-corrected chi connectivity index (χ1v) is 8.87. The van der Waals surface area contributed by atoms with Gasteiger partial charge >= 0.3 is 0 Å². The van der Waals surface area contributed by atoms with Crippen molar-refractivity contribution in [2.75, 3.05) is 5.32 Å². The lowest BCUT2D eigenvalue weighted by molar-refractivity contribution is 0.628. The third-order valence-corrected chi connectivity index (χ3v) is 4.54. The minimum Gasteiger partial charge on any atom is -0.340 e. The molecule has 2 heterocycles. The normalized spacial score (nSPS) is 11.0. The molecule has 0 bridgehead atoms. The fourth-order valence-corrected chi connectivity index (χ4v) is 2.98. The lowest BCUT2D eigenvalue weighted by Crippen LogP contribution is -2.00. The summed E-state index contributed by atoms with van der Waals surface area (Å²) in [4.78, 5) is 13.5. The molecular weight excluding hydrogens is 386 g/mol. The zero-order chi connectivity index (χ0) is 19.0. The maximum atomic E-state index is 13.4. The molecule has 0 spiro atoms. The predicted octanol–water partition coefficient (Wildman–Crippen LogP) is 6.19. The summed E-state index contributed by atoms with van der Waals surface area (Å²) in [5.41, 5.74) is 2.98. The van der Waals surface area contributed by atoms with Gasteiger partial charge in [-0.1, -0.05) is 23.2 Å². The van der Waals surface area contributed by atoms with Crippen LogP contribution in [0.5, 0.6) is 0 Å². The van der Waals surface area contributed by atoms with Crippen LogP contribution in [0.1, 0.15) is 5.69 Å². The summed E-state index contributed by atoms with van der Waals surface area (Å²) in [5, 5.41) is 4.58. The van der Waals surface area contributed by atoms with Crippen LogP contribution in [-0.4, -0.2) is 15.0 Å². The Morgan fingerprint density at radius 1 is 0.963 bits per heavy atom. The van der Waals surface area contributed by atoms with Gasteiger partial charge in [-0.25, -0.2) is 14.4 Å². The summed E-state index contributed by atoms with van der Waals surface area (Å²) >= 11 is 12.0. The first-order chi connectivity index (χ1) is 13.0. The van der Waals surface area contributed by atoms with Crippen molar-refractivity contribution < 1.29 is 4.39 Å². The Bertz CT molecular complexity index is 1150. The van der Waals surface area contributed by atoms with Crippen molar-refractivity contribution in [2.24, 2.45) is 0 Å². The van der Waals surface area contributed by atoms with Crippen molar-refractivity contribution in [3.05, 3.63) is 76.3 Å². The molecule has 0 saturated heterocycles. The number of nitrogens with zero attached hydrogens (tertiary/aromatic N) is 3. The summed E-state index contributed by atoms with van der Waals surface area (Å²) in [6.07, 6.45) is 1.72. The van der Waals surface area contributed by atoms with E-state index in [1.807, 2.05) is 25.1 Å². The molecule has 1 N–H and O–H groups in total. The Balaban J connectivity index is 1.86. The Morgan fingerprint density at radius 3 is 2.56 bits per heavy atom. The third-order valence-electron chi connectivity index (χ3n) is 4.01. The van der Waals surface area contributed by atoms with E-state index in [4.69, 9.17) is 23.2 Å². The van der Waals surface area contributed by atoms with E-state index in [2.05, 4.69) is 20.3 Å². The van der Waals surface area contributed by atoms with E-state index in [0.29, 0.717) is 27.9 Å². The number of anilines is 2. The van der Waals surface area contributed by atoms with E-state index >= 15 is 0 Å². The van der Waals surface area contributed by atoms with E-state index in [-0.39, 0.29) is 5.02 Å². The molecule has 4 nitrogen and oxygen atoms in total. The van der Waals surface area contributed by atoms with Gasteiger partial charge in [0.2, 0.25) is 0 Å². The summed E-state index contributed by atoms with van der Waals surface area (Å²) in [5.74, 6) is 0.593. The van der Waals surface area contributed by atoms with E-state index < -0.39 is 5.82 Å². The number of fused-ring (bicyclic) bond motifs is 1. The van der Waals surface area contributed by atoms with Gasteiger partial charge in [0.15, 0.2) is 5.82 Å². The predicted molar refractivity (Wildman–Crippen MR) is 107 cm³/mol. The molecule has 2 aromatic heterocycles. The molecule has 0 fully saturated rings. The van der Waals surface area contributed by atoms with Crippen LogP contribution in [0.4, 0.5) is 15.9 Å². The Kier molecular flexibility index (Phi) is 4.64. The lowest BCUT2D eigenvalue weighted by atomic mass is 10.2. The van der Waals surface area contributed by atoms with Crippen LogP contribution < -0.4 is 5.32 Å². The summed E-state index contributed by atoms with van der Waals surface area (Å²) < 4.78 is 13.4. The molecule has 27 heavy (non-hydrogen) atoms. The molecule has 0 aliphatic carbocycles. The number of pyridine rings is 1. The van der Waals surface area contributed by atoms with Crippen LogP contribution in [0.3, 0.4) is 0 Å². The number of hydrogen-bond acceptors (Lipinski definition) is 4. The van der Waals surface area contributed by atoms with Crippen molar-refractivity contribution in [2.45, 2.75) is 6.92 Å². The fraction of sp³-hybridized carbons (Fsp3) is 0.0500. The quantitative estimate of drug-likeness (QED) is 0.446. The molecule has 0 atom stereocenters. The van der Waals surface area contributed by atoms with Gasteiger partial charge in [0, 0.05) is 33.6 Å². The topological polar surface area (TPSA) is 50.7 Å². The zero-order valence-electron chi connectivity index (χ0n) is 14.2. The molecule has 0 aliphatic rings. The van der Waals surface area contributed by atoms with Crippen LogP contribution in [0.15, 0.2) is 54.7 Å². The molecule has 4 rings (SSSR count). The summed E-state index contributed by atoms with van der Waals surface area (Å²) in [7, 11) is 0. The molecule has 134 valence electrons. The molecule has 4 aromatic rings. The van der Waals surface area contributed by atoms with Gasteiger partial charge in [-0.15, -0.1) is 0 Å². The van der Waals surface area contributed by atoms with Crippen molar-refractivity contribution in [3.63, 3.8) is 0 Å². The van der Waals surface area contributed by atoms with Crippen LogP contribution in [0, 0.1) is 12.7 Å². The van der Waals surface area contributed by atoms with Gasteiger partial charge in [-0.3, -0.25) is 4.98 Å².